The zero-order chi connectivity index (χ0) is 13.0. The molecule has 0 aliphatic rings. The average Bonchev–Trinajstić information content (AvgIpc) is 2.26. The third-order valence-electron chi connectivity index (χ3n) is 2.05. The van der Waals surface area contributed by atoms with Gasteiger partial charge >= 0.3 is 5.97 Å². The van der Waals surface area contributed by atoms with Crippen molar-refractivity contribution in [3.63, 3.8) is 0 Å². The molecule has 0 fully saturated rings. The molecule has 6 heteroatoms. The van der Waals surface area contributed by atoms with Crippen LogP contribution < -0.4 is 0 Å². The van der Waals surface area contributed by atoms with Gasteiger partial charge in [-0.2, -0.15) is 0 Å². The van der Waals surface area contributed by atoms with Crippen molar-refractivity contribution in [2.24, 2.45) is 0 Å². The lowest BCUT2D eigenvalue weighted by Gasteiger charge is -2.11. The standard InChI is InChI=1S/C11H9ClF2O3/c1-2-17-11(16)7(5-15)6-3-8(12)10(14)4-9(6)13/h3-5,7H,2H2,1H3. The smallest absolute Gasteiger partial charge is 0.320 e. The van der Waals surface area contributed by atoms with Crippen molar-refractivity contribution >= 4 is 23.9 Å². The van der Waals surface area contributed by atoms with Crippen molar-refractivity contribution in [2.75, 3.05) is 6.61 Å². The van der Waals surface area contributed by atoms with Gasteiger partial charge in [-0.3, -0.25) is 4.79 Å². The summed E-state index contributed by atoms with van der Waals surface area (Å²) in [6.07, 6.45) is 0.227. The van der Waals surface area contributed by atoms with Crippen molar-refractivity contribution in [2.45, 2.75) is 12.8 Å². The number of benzene rings is 1. The summed E-state index contributed by atoms with van der Waals surface area (Å²) < 4.78 is 30.9. The van der Waals surface area contributed by atoms with E-state index in [2.05, 4.69) is 4.74 Å². The molecule has 0 saturated carbocycles. The van der Waals surface area contributed by atoms with Crippen LogP contribution in [0.25, 0.3) is 0 Å². The summed E-state index contributed by atoms with van der Waals surface area (Å²) in [6.45, 7) is 1.60. The van der Waals surface area contributed by atoms with E-state index in [9.17, 15) is 18.4 Å². The van der Waals surface area contributed by atoms with Gasteiger partial charge in [0.2, 0.25) is 0 Å². The molecule has 0 N–H and O–H groups in total. The minimum atomic E-state index is -1.44. The molecule has 0 amide bonds. The maximum atomic E-state index is 13.4. The van der Waals surface area contributed by atoms with Gasteiger partial charge in [-0.15, -0.1) is 0 Å². The van der Waals surface area contributed by atoms with E-state index in [0.717, 1.165) is 6.07 Å². The first-order valence-electron chi connectivity index (χ1n) is 4.77. The lowest BCUT2D eigenvalue weighted by molar-refractivity contribution is -0.146. The van der Waals surface area contributed by atoms with E-state index in [0.29, 0.717) is 6.07 Å². The van der Waals surface area contributed by atoms with E-state index in [1.807, 2.05) is 0 Å². The Bertz CT molecular complexity index is 449. The number of carbonyl (C=O) groups is 2. The first-order valence-corrected chi connectivity index (χ1v) is 5.15. The van der Waals surface area contributed by atoms with Crippen LogP contribution in [0.4, 0.5) is 8.78 Å². The van der Waals surface area contributed by atoms with Crippen LogP contribution in [0.2, 0.25) is 5.02 Å². The van der Waals surface area contributed by atoms with Gasteiger partial charge in [0.1, 0.15) is 23.8 Å². The van der Waals surface area contributed by atoms with Crippen LogP contribution in [0.3, 0.4) is 0 Å². The summed E-state index contributed by atoms with van der Waals surface area (Å²) in [5.74, 6) is -4.31. The van der Waals surface area contributed by atoms with Gasteiger partial charge in [0.25, 0.3) is 0 Å². The van der Waals surface area contributed by atoms with Crippen molar-refractivity contribution < 1.29 is 23.1 Å². The highest BCUT2D eigenvalue weighted by atomic mass is 35.5. The topological polar surface area (TPSA) is 43.4 Å². The molecule has 0 aliphatic heterocycles. The molecule has 92 valence electrons. The number of carbonyl (C=O) groups excluding carboxylic acids is 2. The van der Waals surface area contributed by atoms with Gasteiger partial charge < -0.3 is 9.53 Å². The molecule has 0 aliphatic carbocycles. The molecular formula is C11H9ClF2O3. The van der Waals surface area contributed by atoms with Crippen LogP contribution in [-0.2, 0) is 14.3 Å². The number of ether oxygens (including phenoxy) is 1. The molecule has 3 nitrogen and oxygen atoms in total. The van der Waals surface area contributed by atoms with Crippen molar-refractivity contribution in [3.8, 4) is 0 Å². The summed E-state index contributed by atoms with van der Waals surface area (Å²) in [5.41, 5.74) is -0.301. The van der Waals surface area contributed by atoms with E-state index in [4.69, 9.17) is 11.6 Å². The molecule has 0 radical (unpaired) electrons. The number of rotatable bonds is 4. The van der Waals surface area contributed by atoms with Crippen LogP contribution in [-0.4, -0.2) is 18.9 Å². The van der Waals surface area contributed by atoms with Gasteiger partial charge in [-0.05, 0) is 13.0 Å². The second kappa shape index (κ2) is 5.72. The van der Waals surface area contributed by atoms with Gasteiger partial charge in [-0.1, -0.05) is 11.6 Å². The van der Waals surface area contributed by atoms with Gasteiger partial charge in [0.05, 0.1) is 11.6 Å². The quantitative estimate of drug-likeness (QED) is 0.362. The highest BCUT2D eigenvalue weighted by molar-refractivity contribution is 6.30. The van der Waals surface area contributed by atoms with E-state index >= 15 is 0 Å². The Balaban J connectivity index is 3.16. The highest BCUT2D eigenvalue weighted by Gasteiger charge is 2.25. The number of aldehydes is 1. The Morgan fingerprint density at radius 3 is 2.65 bits per heavy atom. The van der Waals surface area contributed by atoms with E-state index in [-0.39, 0.29) is 23.5 Å². The summed E-state index contributed by atoms with van der Waals surface area (Å²) in [5, 5.41) is -0.363. The minimum absolute atomic E-state index is 0.0553. The normalized spacial score (nSPS) is 12.0. The second-order valence-electron chi connectivity index (χ2n) is 3.15. The SMILES string of the molecule is CCOC(=O)C(C=O)c1cc(Cl)c(F)cc1F. The van der Waals surface area contributed by atoms with Crippen LogP contribution in [0.15, 0.2) is 12.1 Å². The molecule has 1 aromatic carbocycles. The maximum absolute atomic E-state index is 13.4. The fourth-order valence-electron chi connectivity index (χ4n) is 1.26. The highest BCUT2D eigenvalue weighted by Crippen LogP contribution is 2.25. The Kier molecular flexibility index (Phi) is 4.57. The molecule has 1 aromatic rings. The van der Waals surface area contributed by atoms with Crippen molar-refractivity contribution in [1.82, 2.24) is 0 Å². The monoisotopic (exact) mass is 262 g/mol. The summed E-state index contributed by atoms with van der Waals surface area (Å²) in [4.78, 5) is 22.1. The molecule has 0 bridgehead atoms. The fourth-order valence-corrected chi connectivity index (χ4v) is 1.44. The predicted molar refractivity (Wildman–Crippen MR) is 56.8 cm³/mol. The molecule has 1 rings (SSSR count). The van der Waals surface area contributed by atoms with E-state index < -0.39 is 23.5 Å². The Morgan fingerprint density at radius 2 is 2.12 bits per heavy atom. The molecule has 0 aromatic heterocycles. The predicted octanol–water partition coefficient (Wildman–Crippen LogP) is 2.46. The molecular weight excluding hydrogens is 254 g/mol. The molecule has 1 atom stereocenters. The number of esters is 1. The van der Waals surface area contributed by atoms with Gasteiger partial charge in [0, 0.05) is 11.6 Å². The van der Waals surface area contributed by atoms with Crippen molar-refractivity contribution in [1.29, 1.82) is 0 Å². The minimum Gasteiger partial charge on any atom is -0.465 e. The lowest BCUT2D eigenvalue weighted by atomic mass is 10.00. The summed E-state index contributed by atoms with van der Waals surface area (Å²) >= 11 is 5.46. The van der Waals surface area contributed by atoms with E-state index in [1.54, 1.807) is 6.92 Å². The molecule has 0 heterocycles. The van der Waals surface area contributed by atoms with Crippen LogP contribution >= 0.6 is 11.6 Å². The van der Waals surface area contributed by atoms with Crippen molar-refractivity contribution in [3.05, 3.63) is 34.4 Å². The van der Waals surface area contributed by atoms with Crippen LogP contribution in [0.5, 0.6) is 0 Å². The van der Waals surface area contributed by atoms with Gasteiger partial charge in [-0.25, -0.2) is 8.78 Å². The largest absolute Gasteiger partial charge is 0.465 e. The van der Waals surface area contributed by atoms with Gasteiger partial charge in [0.15, 0.2) is 0 Å². The molecule has 17 heavy (non-hydrogen) atoms. The number of hydrogen-bond donors (Lipinski definition) is 0. The molecule has 0 spiro atoms. The van der Waals surface area contributed by atoms with Crippen LogP contribution in [0, 0.1) is 11.6 Å². The maximum Gasteiger partial charge on any atom is 0.320 e. The number of halogens is 3. The van der Waals surface area contributed by atoms with E-state index in [1.165, 1.54) is 0 Å². The molecule has 0 saturated heterocycles. The third kappa shape index (κ3) is 3.00. The zero-order valence-corrected chi connectivity index (χ0v) is 9.63. The molecule has 1 unspecified atom stereocenters. The zero-order valence-electron chi connectivity index (χ0n) is 8.88. The first kappa shape index (κ1) is 13.6. The second-order valence-corrected chi connectivity index (χ2v) is 3.56. The third-order valence-corrected chi connectivity index (χ3v) is 2.34. The Morgan fingerprint density at radius 1 is 1.47 bits per heavy atom. The summed E-state index contributed by atoms with van der Waals surface area (Å²) in [7, 11) is 0. The lowest BCUT2D eigenvalue weighted by Crippen LogP contribution is -2.18. The number of hydrogen-bond acceptors (Lipinski definition) is 3. The Hall–Kier alpha value is -1.49. The summed E-state index contributed by atoms with van der Waals surface area (Å²) in [6, 6.07) is 1.43. The Labute approximate surface area is 101 Å². The average molecular weight is 263 g/mol. The first-order chi connectivity index (χ1) is 8.01. The van der Waals surface area contributed by atoms with Crippen LogP contribution in [0.1, 0.15) is 18.4 Å². The fraction of sp³-hybridized carbons (Fsp3) is 0.273.